The fraction of sp³-hybridized carbons (Fsp3) is 0.400. The van der Waals surface area contributed by atoms with E-state index in [4.69, 9.17) is 5.73 Å². The molecule has 0 atom stereocenters. The third kappa shape index (κ3) is 2.09. The highest BCUT2D eigenvalue weighted by molar-refractivity contribution is 6.05. The van der Waals surface area contributed by atoms with Gasteiger partial charge in [-0.3, -0.25) is 4.79 Å². The van der Waals surface area contributed by atoms with Crippen molar-refractivity contribution in [3.8, 4) is 0 Å². The van der Waals surface area contributed by atoms with E-state index in [0.29, 0.717) is 0 Å². The number of hydrogen-bond donors (Lipinski definition) is 2. The Balaban J connectivity index is 3.19. The lowest BCUT2D eigenvalue weighted by Crippen LogP contribution is -2.32. The molecule has 0 fully saturated rings. The Morgan fingerprint density at radius 3 is 2.64 bits per heavy atom. The van der Waals surface area contributed by atoms with Crippen LogP contribution >= 0.6 is 0 Å². The van der Waals surface area contributed by atoms with Gasteiger partial charge in [0.1, 0.15) is 11.4 Å². The lowest BCUT2D eigenvalue weighted by Gasteiger charge is -2.16. The molecule has 0 spiro atoms. The first kappa shape index (κ1) is 10.7. The standard InChI is InChI=1S/C10H14N2O2/c1-6-4-7(9(11)12-5-6)8(13)10(2,3)14/h4-5,14H,1-3H3,(H2,11,12). The van der Waals surface area contributed by atoms with Crippen LogP contribution in [0.15, 0.2) is 12.3 Å². The molecule has 0 bridgehead atoms. The number of rotatable bonds is 2. The van der Waals surface area contributed by atoms with Crippen molar-refractivity contribution >= 4 is 11.6 Å². The molecule has 1 rings (SSSR count). The fourth-order valence-corrected chi connectivity index (χ4v) is 1.09. The van der Waals surface area contributed by atoms with Gasteiger partial charge in [-0.15, -0.1) is 0 Å². The van der Waals surface area contributed by atoms with Gasteiger partial charge < -0.3 is 10.8 Å². The number of ketones is 1. The summed E-state index contributed by atoms with van der Waals surface area (Å²) in [5.41, 5.74) is 5.25. The number of nitrogens with zero attached hydrogens (tertiary/aromatic N) is 1. The molecular formula is C10H14N2O2. The van der Waals surface area contributed by atoms with Crippen LogP contribution in [0, 0.1) is 6.92 Å². The van der Waals surface area contributed by atoms with Crippen LogP contribution in [0.4, 0.5) is 5.82 Å². The minimum atomic E-state index is -1.41. The monoisotopic (exact) mass is 194 g/mol. The van der Waals surface area contributed by atoms with Crippen LogP contribution in [0.3, 0.4) is 0 Å². The highest BCUT2D eigenvalue weighted by Crippen LogP contribution is 2.17. The first-order valence-electron chi connectivity index (χ1n) is 4.31. The predicted molar refractivity (Wildman–Crippen MR) is 54.0 cm³/mol. The Labute approximate surface area is 82.8 Å². The number of aromatic nitrogens is 1. The topological polar surface area (TPSA) is 76.2 Å². The molecule has 1 aromatic rings. The van der Waals surface area contributed by atoms with Crippen molar-refractivity contribution in [2.75, 3.05) is 5.73 Å². The molecule has 0 saturated carbocycles. The molecule has 3 N–H and O–H groups in total. The van der Waals surface area contributed by atoms with Crippen molar-refractivity contribution in [1.29, 1.82) is 0 Å². The van der Waals surface area contributed by atoms with Crippen LogP contribution in [-0.2, 0) is 0 Å². The minimum absolute atomic E-state index is 0.155. The number of nitrogens with two attached hydrogens (primary N) is 1. The Kier molecular flexibility index (Phi) is 2.57. The van der Waals surface area contributed by atoms with Crippen molar-refractivity contribution in [1.82, 2.24) is 4.98 Å². The van der Waals surface area contributed by atoms with E-state index in [1.54, 1.807) is 12.3 Å². The maximum absolute atomic E-state index is 11.7. The molecule has 1 heterocycles. The second-order valence-corrected chi connectivity index (χ2v) is 3.83. The van der Waals surface area contributed by atoms with Crippen LogP contribution in [0.1, 0.15) is 29.8 Å². The van der Waals surface area contributed by atoms with Crippen LogP contribution in [0.25, 0.3) is 0 Å². The van der Waals surface area contributed by atoms with Crippen molar-refractivity contribution in [2.24, 2.45) is 0 Å². The largest absolute Gasteiger partial charge is 0.383 e. The molecule has 0 aromatic carbocycles. The molecule has 0 aliphatic carbocycles. The predicted octanol–water partition coefficient (Wildman–Crippen LogP) is 0.926. The van der Waals surface area contributed by atoms with E-state index in [2.05, 4.69) is 4.98 Å². The molecule has 0 unspecified atom stereocenters. The van der Waals surface area contributed by atoms with Crippen molar-refractivity contribution in [3.05, 3.63) is 23.4 Å². The molecule has 1 aromatic heterocycles. The number of aliphatic hydroxyl groups is 1. The Hall–Kier alpha value is -1.42. The van der Waals surface area contributed by atoms with E-state index in [-0.39, 0.29) is 11.4 Å². The quantitative estimate of drug-likeness (QED) is 0.686. The van der Waals surface area contributed by atoms with Gasteiger partial charge in [0.25, 0.3) is 0 Å². The van der Waals surface area contributed by atoms with Gasteiger partial charge in [-0.05, 0) is 32.4 Å². The molecule has 0 saturated heterocycles. The maximum atomic E-state index is 11.7. The van der Waals surface area contributed by atoms with Gasteiger partial charge in [0.05, 0.1) is 5.56 Å². The third-order valence-corrected chi connectivity index (χ3v) is 1.86. The summed E-state index contributed by atoms with van der Waals surface area (Å²) < 4.78 is 0. The number of carbonyl (C=O) groups is 1. The zero-order valence-corrected chi connectivity index (χ0v) is 8.53. The summed E-state index contributed by atoms with van der Waals surface area (Å²) in [7, 11) is 0. The van der Waals surface area contributed by atoms with Gasteiger partial charge in [-0.1, -0.05) is 0 Å². The van der Waals surface area contributed by atoms with Gasteiger partial charge in [0.15, 0.2) is 5.78 Å². The van der Waals surface area contributed by atoms with Gasteiger partial charge in [0, 0.05) is 6.20 Å². The summed E-state index contributed by atoms with van der Waals surface area (Å²) in [6.45, 7) is 4.67. The Bertz CT molecular complexity index is 367. The summed E-state index contributed by atoms with van der Waals surface area (Å²) in [5, 5.41) is 9.52. The molecule has 76 valence electrons. The lowest BCUT2D eigenvalue weighted by molar-refractivity contribution is 0.0488. The summed E-state index contributed by atoms with van der Waals surface area (Å²) in [5.74, 6) is -0.256. The average molecular weight is 194 g/mol. The summed E-state index contributed by atoms with van der Waals surface area (Å²) in [4.78, 5) is 15.5. The molecule has 4 nitrogen and oxygen atoms in total. The summed E-state index contributed by atoms with van der Waals surface area (Å²) in [6, 6.07) is 1.63. The first-order valence-corrected chi connectivity index (χ1v) is 4.31. The molecule has 4 heteroatoms. The van der Waals surface area contributed by atoms with Crippen molar-refractivity contribution in [2.45, 2.75) is 26.4 Å². The normalized spacial score (nSPS) is 11.4. The van der Waals surface area contributed by atoms with E-state index in [1.807, 2.05) is 6.92 Å². The highest BCUT2D eigenvalue weighted by Gasteiger charge is 2.27. The number of pyridine rings is 1. The second kappa shape index (κ2) is 3.38. The van der Waals surface area contributed by atoms with Crippen molar-refractivity contribution in [3.63, 3.8) is 0 Å². The maximum Gasteiger partial charge on any atom is 0.197 e. The third-order valence-electron chi connectivity index (χ3n) is 1.86. The molecule has 0 aliphatic heterocycles. The SMILES string of the molecule is Cc1cnc(N)c(C(=O)C(C)(C)O)c1. The van der Waals surface area contributed by atoms with Crippen LogP contribution in [0.2, 0.25) is 0 Å². The molecule has 0 amide bonds. The van der Waals surface area contributed by atoms with E-state index < -0.39 is 11.4 Å². The zero-order chi connectivity index (χ0) is 10.9. The van der Waals surface area contributed by atoms with Crippen LogP contribution in [0.5, 0.6) is 0 Å². The summed E-state index contributed by atoms with van der Waals surface area (Å²) in [6.07, 6.45) is 1.58. The van der Waals surface area contributed by atoms with Gasteiger partial charge in [-0.2, -0.15) is 0 Å². The second-order valence-electron chi connectivity index (χ2n) is 3.83. The van der Waals surface area contributed by atoms with Gasteiger partial charge >= 0.3 is 0 Å². The molecule has 0 radical (unpaired) electrons. The fourth-order valence-electron chi connectivity index (χ4n) is 1.09. The Morgan fingerprint density at radius 1 is 1.57 bits per heavy atom. The molecule has 0 aliphatic rings. The molecule has 14 heavy (non-hydrogen) atoms. The number of carbonyl (C=O) groups excluding carboxylic acids is 1. The zero-order valence-electron chi connectivity index (χ0n) is 8.53. The van der Waals surface area contributed by atoms with Crippen molar-refractivity contribution < 1.29 is 9.90 Å². The highest BCUT2D eigenvalue weighted by atomic mass is 16.3. The number of hydrogen-bond acceptors (Lipinski definition) is 4. The van der Waals surface area contributed by atoms with Gasteiger partial charge in [-0.25, -0.2) is 4.98 Å². The van der Waals surface area contributed by atoms with Crippen LogP contribution < -0.4 is 5.73 Å². The number of nitrogen functional groups attached to an aromatic ring is 1. The van der Waals surface area contributed by atoms with Crippen LogP contribution in [-0.4, -0.2) is 21.5 Å². The van der Waals surface area contributed by atoms with E-state index in [0.717, 1.165) is 5.56 Å². The van der Waals surface area contributed by atoms with E-state index >= 15 is 0 Å². The number of aryl methyl sites for hydroxylation is 1. The Morgan fingerprint density at radius 2 is 2.14 bits per heavy atom. The minimum Gasteiger partial charge on any atom is -0.383 e. The number of Topliss-reactive ketones (excluding diaryl/α,β-unsaturated/α-hetero) is 1. The number of anilines is 1. The smallest absolute Gasteiger partial charge is 0.197 e. The van der Waals surface area contributed by atoms with Gasteiger partial charge in [0.2, 0.25) is 0 Å². The first-order chi connectivity index (χ1) is 6.32. The van der Waals surface area contributed by atoms with E-state index in [9.17, 15) is 9.90 Å². The summed E-state index contributed by atoms with van der Waals surface area (Å²) >= 11 is 0. The lowest BCUT2D eigenvalue weighted by atomic mass is 9.96. The average Bonchev–Trinajstić information content (AvgIpc) is 2.06. The molecular weight excluding hydrogens is 180 g/mol. The van der Waals surface area contributed by atoms with E-state index in [1.165, 1.54) is 13.8 Å².